The van der Waals surface area contributed by atoms with E-state index in [0.29, 0.717) is 12.0 Å². The number of hydrogen-bond acceptors (Lipinski definition) is 4. The average molecular weight is 353 g/mol. The summed E-state index contributed by atoms with van der Waals surface area (Å²) in [6.45, 7) is 8.21. The highest BCUT2D eigenvalue weighted by molar-refractivity contribution is 6.04. The Labute approximate surface area is 155 Å². The second-order valence-corrected chi connectivity index (χ2v) is 8.02. The third-order valence-electron chi connectivity index (χ3n) is 5.37. The maximum absolute atomic E-state index is 13.0. The highest BCUT2D eigenvalue weighted by Crippen LogP contribution is 2.46. The summed E-state index contributed by atoms with van der Waals surface area (Å²) < 4.78 is 5.04. The number of Topliss-reactive ketones (excluding diaryl/α,β-unsaturated/α-hetero) is 1. The van der Waals surface area contributed by atoms with Gasteiger partial charge in [0.05, 0.1) is 12.7 Å². The SMILES string of the molecule is CCc1ccc(C2C(C(=O)OC)=C(C)NC3=C2C(=O)CC(C)(C)C3)cc1. The first-order valence-corrected chi connectivity index (χ1v) is 9.18. The van der Waals surface area contributed by atoms with E-state index >= 15 is 0 Å². The lowest BCUT2D eigenvalue weighted by atomic mass is 9.68. The van der Waals surface area contributed by atoms with Crippen molar-refractivity contribution in [1.29, 1.82) is 0 Å². The Morgan fingerprint density at radius 3 is 2.46 bits per heavy atom. The number of hydrogen-bond donors (Lipinski definition) is 1. The van der Waals surface area contributed by atoms with Gasteiger partial charge < -0.3 is 10.1 Å². The standard InChI is InChI=1S/C22H27NO3/c1-6-14-7-9-15(10-8-14)19-18(21(25)26-5)13(2)23-16-11-22(3,4)12-17(24)20(16)19/h7-10,19,23H,6,11-12H2,1-5H3. The molecule has 1 atom stereocenters. The lowest BCUT2D eigenvalue weighted by Gasteiger charge is -2.39. The molecule has 0 spiro atoms. The van der Waals surface area contributed by atoms with Crippen LogP contribution in [0.2, 0.25) is 0 Å². The van der Waals surface area contributed by atoms with Crippen molar-refractivity contribution in [3.8, 4) is 0 Å². The summed E-state index contributed by atoms with van der Waals surface area (Å²) in [4.78, 5) is 25.6. The van der Waals surface area contributed by atoms with Gasteiger partial charge in [-0.2, -0.15) is 0 Å². The molecule has 1 aliphatic heterocycles. The van der Waals surface area contributed by atoms with E-state index in [0.717, 1.165) is 35.4 Å². The average Bonchev–Trinajstić information content (AvgIpc) is 2.59. The Balaban J connectivity index is 2.17. The molecule has 0 radical (unpaired) electrons. The van der Waals surface area contributed by atoms with Crippen LogP contribution in [0, 0.1) is 5.41 Å². The maximum atomic E-state index is 13.0. The zero-order valence-corrected chi connectivity index (χ0v) is 16.2. The first-order chi connectivity index (χ1) is 12.3. The van der Waals surface area contributed by atoms with Crippen LogP contribution in [0.15, 0.2) is 46.8 Å². The first-order valence-electron chi connectivity index (χ1n) is 9.18. The maximum Gasteiger partial charge on any atom is 0.336 e. The first kappa shape index (κ1) is 18.4. The highest BCUT2D eigenvalue weighted by Gasteiger charge is 2.42. The molecule has 3 rings (SSSR count). The number of nitrogens with one attached hydrogen (secondary N) is 1. The van der Waals surface area contributed by atoms with Crippen LogP contribution < -0.4 is 5.32 Å². The highest BCUT2D eigenvalue weighted by atomic mass is 16.5. The van der Waals surface area contributed by atoms with Crippen LogP contribution in [0.1, 0.15) is 57.6 Å². The Morgan fingerprint density at radius 2 is 1.88 bits per heavy atom. The predicted octanol–water partition coefficient (Wildman–Crippen LogP) is 4.03. The normalized spacial score (nSPS) is 22.0. The van der Waals surface area contributed by atoms with Gasteiger partial charge in [0.25, 0.3) is 0 Å². The molecule has 1 heterocycles. The van der Waals surface area contributed by atoms with Crippen LogP contribution in [0.3, 0.4) is 0 Å². The minimum Gasteiger partial charge on any atom is -0.466 e. The van der Waals surface area contributed by atoms with E-state index < -0.39 is 0 Å². The molecule has 0 saturated heterocycles. The molecule has 1 N–H and O–H groups in total. The number of carbonyl (C=O) groups is 2. The van der Waals surface area contributed by atoms with E-state index in [4.69, 9.17) is 4.74 Å². The lowest BCUT2D eigenvalue weighted by Crippen LogP contribution is -2.38. The summed E-state index contributed by atoms with van der Waals surface area (Å²) in [5.41, 5.74) is 5.08. The number of dihydropyridines is 1. The van der Waals surface area contributed by atoms with E-state index in [-0.39, 0.29) is 23.1 Å². The molecule has 2 aliphatic rings. The fourth-order valence-corrected chi connectivity index (χ4v) is 4.10. The fraction of sp³-hybridized carbons (Fsp3) is 0.455. The Kier molecular flexibility index (Phi) is 4.78. The van der Waals surface area contributed by atoms with Crippen molar-refractivity contribution >= 4 is 11.8 Å². The quantitative estimate of drug-likeness (QED) is 0.834. The Hall–Kier alpha value is -2.36. The topological polar surface area (TPSA) is 55.4 Å². The zero-order valence-electron chi connectivity index (χ0n) is 16.2. The molecule has 0 aromatic heterocycles. The molecule has 1 aliphatic carbocycles. The van der Waals surface area contributed by atoms with E-state index in [1.807, 2.05) is 19.1 Å². The molecule has 4 nitrogen and oxygen atoms in total. The van der Waals surface area contributed by atoms with Gasteiger partial charge in [-0.15, -0.1) is 0 Å². The summed E-state index contributed by atoms with van der Waals surface area (Å²) >= 11 is 0. The molecule has 0 saturated carbocycles. The van der Waals surface area contributed by atoms with Crippen LogP contribution in [0.5, 0.6) is 0 Å². The van der Waals surface area contributed by atoms with Gasteiger partial charge in [0.1, 0.15) is 0 Å². The fourth-order valence-electron chi connectivity index (χ4n) is 4.10. The molecule has 0 amide bonds. The van der Waals surface area contributed by atoms with Gasteiger partial charge in [-0.3, -0.25) is 4.79 Å². The monoisotopic (exact) mass is 353 g/mol. The number of ketones is 1. The Morgan fingerprint density at radius 1 is 1.23 bits per heavy atom. The summed E-state index contributed by atoms with van der Waals surface area (Å²) in [5.74, 6) is -0.640. The second kappa shape index (κ2) is 6.75. The minimum atomic E-state index is -0.385. The van der Waals surface area contributed by atoms with Gasteiger partial charge in [0.15, 0.2) is 5.78 Å². The number of ether oxygens (including phenoxy) is 1. The van der Waals surface area contributed by atoms with Crippen LogP contribution >= 0.6 is 0 Å². The molecular weight excluding hydrogens is 326 g/mol. The number of rotatable bonds is 3. The van der Waals surface area contributed by atoms with Gasteiger partial charge in [0, 0.05) is 29.3 Å². The number of allylic oxidation sites excluding steroid dienone is 3. The third kappa shape index (κ3) is 3.20. The van der Waals surface area contributed by atoms with Crippen molar-refractivity contribution in [3.63, 3.8) is 0 Å². The van der Waals surface area contributed by atoms with E-state index in [1.54, 1.807) is 0 Å². The second-order valence-electron chi connectivity index (χ2n) is 8.02. The molecule has 1 unspecified atom stereocenters. The molecule has 0 fully saturated rings. The van der Waals surface area contributed by atoms with Gasteiger partial charge >= 0.3 is 5.97 Å². The van der Waals surface area contributed by atoms with Crippen molar-refractivity contribution in [2.75, 3.05) is 7.11 Å². The minimum absolute atomic E-state index is 0.0808. The molecule has 1 aromatic carbocycles. The van der Waals surface area contributed by atoms with Crippen LogP contribution in [-0.4, -0.2) is 18.9 Å². The lowest BCUT2D eigenvalue weighted by molar-refractivity contribution is -0.136. The number of esters is 1. The smallest absolute Gasteiger partial charge is 0.336 e. The van der Waals surface area contributed by atoms with E-state index in [1.165, 1.54) is 12.7 Å². The molecule has 4 heteroatoms. The van der Waals surface area contributed by atoms with Gasteiger partial charge in [0.2, 0.25) is 0 Å². The molecule has 0 bridgehead atoms. The molecule has 138 valence electrons. The van der Waals surface area contributed by atoms with Crippen molar-refractivity contribution < 1.29 is 14.3 Å². The number of benzene rings is 1. The Bertz CT molecular complexity index is 812. The van der Waals surface area contributed by atoms with Gasteiger partial charge in [-0.1, -0.05) is 45.0 Å². The van der Waals surface area contributed by atoms with Crippen LogP contribution in [-0.2, 0) is 20.7 Å². The predicted molar refractivity (Wildman–Crippen MR) is 101 cm³/mol. The van der Waals surface area contributed by atoms with Crippen LogP contribution in [0.4, 0.5) is 0 Å². The number of aryl methyl sites for hydroxylation is 1. The zero-order chi connectivity index (χ0) is 19.1. The summed E-state index contributed by atoms with van der Waals surface area (Å²) in [6.07, 6.45) is 2.24. The molecule has 1 aromatic rings. The summed E-state index contributed by atoms with van der Waals surface area (Å²) in [6, 6.07) is 8.20. The van der Waals surface area contributed by atoms with Crippen molar-refractivity contribution in [3.05, 3.63) is 57.9 Å². The van der Waals surface area contributed by atoms with Gasteiger partial charge in [-0.25, -0.2) is 4.79 Å². The summed E-state index contributed by atoms with van der Waals surface area (Å²) in [5, 5.41) is 3.33. The largest absolute Gasteiger partial charge is 0.466 e. The van der Waals surface area contributed by atoms with Crippen molar-refractivity contribution in [1.82, 2.24) is 5.32 Å². The summed E-state index contributed by atoms with van der Waals surface area (Å²) in [7, 11) is 1.38. The van der Waals surface area contributed by atoms with E-state index in [9.17, 15) is 9.59 Å². The van der Waals surface area contributed by atoms with Crippen molar-refractivity contribution in [2.45, 2.75) is 52.9 Å². The van der Waals surface area contributed by atoms with Gasteiger partial charge in [-0.05, 0) is 36.3 Å². The van der Waals surface area contributed by atoms with Crippen molar-refractivity contribution in [2.24, 2.45) is 5.41 Å². The molecular formula is C22H27NO3. The van der Waals surface area contributed by atoms with Crippen LogP contribution in [0.25, 0.3) is 0 Å². The number of carbonyl (C=O) groups excluding carboxylic acids is 2. The number of methoxy groups -OCH3 is 1. The van der Waals surface area contributed by atoms with E-state index in [2.05, 4.69) is 38.2 Å². The molecule has 26 heavy (non-hydrogen) atoms. The third-order valence-corrected chi connectivity index (χ3v) is 5.37.